The lowest BCUT2D eigenvalue weighted by Gasteiger charge is -2.13. The average Bonchev–Trinajstić information content (AvgIpc) is 2.50. The second kappa shape index (κ2) is 5.28. The molecule has 0 saturated heterocycles. The predicted octanol–water partition coefficient (Wildman–Crippen LogP) is 1.56. The van der Waals surface area contributed by atoms with Gasteiger partial charge in [-0.15, -0.1) is 0 Å². The van der Waals surface area contributed by atoms with Crippen LogP contribution in [-0.4, -0.2) is 22.9 Å². The topological polar surface area (TPSA) is 53.1 Å². The molecule has 1 aromatic heterocycles. The van der Waals surface area contributed by atoms with Gasteiger partial charge in [0.05, 0.1) is 18.4 Å². The Hall–Kier alpha value is -0.870. The Kier molecular flexibility index (Phi) is 4.29. The van der Waals surface area contributed by atoms with Crippen LogP contribution in [0.5, 0.6) is 0 Å². The molecule has 0 spiro atoms. The van der Waals surface area contributed by atoms with Gasteiger partial charge in [-0.25, -0.2) is 0 Å². The molecule has 1 atom stereocenters. The van der Waals surface area contributed by atoms with Gasteiger partial charge in [-0.05, 0) is 27.7 Å². The van der Waals surface area contributed by atoms with Crippen molar-refractivity contribution < 1.29 is 4.74 Å². The van der Waals surface area contributed by atoms with E-state index in [2.05, 4.69) is 18.9 Å². The lowest BCUT2D eigenvalue weighted by atomic mass is 10.1. The molecular weight excluding hydrogens is 190 g/mol. The summed E-state index contributed by atoms with van der Waals surface area (Å²) in [7, 11) is 0. The second-order valence-corrected chi connectivity index (χ2v) is 3.70. The first-order valence-electron chi connectivity index (χ1n) is 5.47. The molecule has 1 heterocycles. The Morgan fingerprint density at radius 1 is 1.47 bits per heavy atom. The molecule has 0 fully saturated rings. The Bertz CT molecular complexity index is 320. The van der Waals surface area contributed by atoms with Crippen LogP contribution in [0.25, 0.3) is 0 Å². The summed E-state index contributed by atoms with van der Waals surface area (Å²) in [6, 6.07) is 0. The summed E-state index contributed by atoms with van der Waals surface area (Å²) in [5, 5.41) is 4.46. The van der Waals surface area contributed by atoms with Crippen molar-refractivity contribution in [2.24, 2.45) is 5.73 Å². The minimum absolute atomic E-state index is 0.0776. The quantitative estimate of drug-likeness (QED) is 0.804. The van der Waals surface area contributed by atoms with Crippen LogP contribution >= 0.6 is 0 Å². The zero-order chi connectivity index (χ0) is 11.4. The molecule has 1 aromatic rings. The van der Waals surface area contributed by atoms with E-state index >= 15 is 0 Å². The molecule has 2 N–H and O–H groups in total. The fourth-order valence-corrected chi connectivity index (χ4v) is 1.94. The van der Waals surface area contributed by atoms with Crippen LogP contribution in [-0.2, 0) is 11.3 Å². The summed E-state index contributed by atoms with van der Waals surface area (Å²) >= 11 is 0. The normalized spacial score (nSPS) is 13.1. The Morgan fingerprint density at radius 3 is 2.60 bits per heavy atom. The zero-order valence-electron chi connectivity index (χ0n) is 10.1. The number of nitrogens with two attached hydrogens (primary N) is 1. The van der Waals surface area contributed by atoms with Crippen LogP contribution in [0.3, 0.4) is 0 Å². The number of aryl methyl sites for hydroxylation is 2. The van der Waals surface area contributed by atoms with Gasteiger partial charge >= 0.3 is 0 Å². The highest BCUT2D eigenvalue weighted by Gasteiger charge is 2.16. The maximum atomic E-state index is 5.62. The van der Waals surface area contributed by atoms with Gasteiger partial charge in [-0.1, -0.05) is 0 Å². The molecule has 0 aliphatic carbocycles. The van der Waals surface area contributed by atoms with Crippen molar-refractivity contribution in [1.82, 2.24) is 9.78 Å². The predicted molar refractivity (Wildman–Crippen MR) is 60.8 cm³/mol. The summed E-state index contributed by atoms with van der Waals surface area (Å²) in [5.41, 5.74) is 8.86. The van der Waals surface area contributed by atoms with Crippen LogP contribution in [0, 0.1) is 13.8 Å². The minimum Gasteiger partial charge on any atom is -0.372 e. The van der Waals surface area contributed by atoms with Gasteiger partial charge in [-0.3, -0.25) is 4.68 Å². The Labute approximate surface area is 91.4 Å². The molecule has 1 rings (SSSR count). The van der Waals surface area contributed by atoms with Gasteiger partial charge in [0.15, 0.2) is 0 Å². The third kappa shape index (κ3) is 2.58. The number of nitrogens with zero attached hydrogens (tertiary/aromatic N) is 2. The standard InChI is InChI=1S/C11H21N3O/c1-5-14-9(3)11(8(2)13-14)10(4)15-7-6-12/h10H,5-7,12H2,1-4H3/t10-/m0/s1. The number of aromatic nitrogens is 2. The smallest absolute Gasteiger partial charge is 0.0833 e. The first-order valence-corrected chi connectivity index (χ1v) is 5.47. The second-order valence-electron chi connectivity index (χ2n) is 3.70. The Morgan fingerprint density at radius 2 is 2.13 bits per heavy atom. The molecule has 0 saturated carbocycles. The van der Waals surface area contributed by atoms with Gasteiger partial charge in [0, 0.05) is 24.3 Å². The molecular formula is C11H21N3O. The molecule has 0 bridgehead atoms. The first kappa shape index (κ1) is 12.2. The molecule has 4 nitrogen and oxygen atoms in total. The van der Waals surface area contributed by atoms with E-state index in [1.165, 1.54) is 11.3 Å². The molecule has 0 unspecified atom stereocenters. The van der Waals surface area contributed by atoms with Crippen molar-refractivity contribution in [2.45, 2.75) is 40.3 Å². The SMILES string of the molecule is CCn1nc(C)c([C@H](C)OCCN)c1C. The van der Waals surface area contributed by atoms with Crippen molar-refractivity contribution in [3.8, 4) is 0 Å². The summed E-state index contributed by atoms with van der Waals surface area (Å²) in [4.78, 5) is 0. The van der Waals surface area contributed by atoms with Gasteiger partial charge < -0.3 is 10.5 Å². The number of rotatable bonds is 5. The van der Waals surface area contributed by atoms with Gasteiger partial charge in [0.1, 0.15) is 0 Å². The summed E-state index contributed by atoms with van der Waals surface area (Å²) < 4.78 is 7.63. The Balaban J connectivity index is 2.87. The number of hydrogen-bond donors (Lipinski definition) is 1. The zero-order valence-corrected chi connectivity index (χ0v) is 10.1. The third-order valence-corrected chi connectivity index (χ3v) is 2.63. The average molecular weight is 211 g/mol. The summed E-state index contributed by atoms with van der Waals surface area (Å²) in [5.74, 6) is 0. The summed E-state index contributed by atoms with van der Waals surface area (Å²) in [6.07, 6.45) is 0.0776. The number of ether oxygens (including phenoxy) is 1. The molecule has 0 aliphatic rings. The molecule has 0 amide bonds. The maximum Gasteiger partial charge on any atom is 0.0833 e. The van der Waals surface area contributed by atoms with Crippen LogP contribution in [0.1, 0.15) is 36.9 Å². The lowest BCUT2D eigenvalue weighted by Crippen LogP contribution is -2.12. The van der Waals surface area contributed by atoms with E-state index in [1.807, 2.05) is 18.5 Å². The van der Waals surface area contributed by atoms with Crippen LogP contribution in [0.15, 0.2) is 0 Å². The molecule has 0 aliphatic heterocycles. The fourth-order valence-electron chi connectivity index (χ4n) is 1.94. The van der Waals surface area contributed by atoms with E-state index in [0.29, 0.717) is 13.2 Å². The van der Waals surface area contributed by atoms with Crippen molar-refractivity contribution in [2.75, 3.05) is 13.2 Å². The van der Waals surface area contributed by atoms with E-state index in [9.17, 15) is 0 Å². The molecule has 86 valence electrons. The van der Waals surface area contributed by atoms with E-state index in [-0.39, 0.29) is 6.10 Å². The molecule has 4 heteroatoms. The van der Waals surface area contributed by atoms with Crippen LogP contribution < -0.4 is 5.73 Å². The van der Waals surface area contributed by atoms with Crippen LogP contribution in [0.2, 0.25) is 0 Å². The van der Waals surface area contributed by atoms with E-state index in [1.54, 1.807) is 0 Å². The number of hydrogen-bond acceptors (Lipinski definition) is 3. The largest absolute Gasteiger partial charge is 0.372 e. The van der Waals surface area contributed by atoms with E-state index in [0.717, 1.165) is 12.2 Å². The highest BCUT2D eigenvalue weighted by molar-refractivity contribution is 5.26. The van der Waals surface area contributed by atoms with Gasteiger partial charge in [0.2, 0.25) is 0 Å². The lowest BCUT2D eigenvalue weighted by molar-refractivity contribution is 0.0709. The van der Waals surface area contributed by atoms with Crippen molar-refractivity contribution >= 4 is 0 Å². The minimum atomic E-state index is 0.0776. The fraction of sp³-hybridized carbons (Fsp3) is 0.727. The highest BCUT2D eigenvalue weighted by atomic mass is 16.5. The molecule has 0 radical (unpaired) electrons. The highest BCUT2D eigenvalue weighted by Crippen LogP contribution is 2.23. The third-order valence-electron chi connectivity index (χ3n) is 2.63. The molecule has 15 heavy (non-hydrogen) atoms. The first-order chi connectivity index (χ1) is 7.11. The van der Waals surface area contributed by atoms with Gasteiger partial charge in [-0.2, -0.15) is 5.10 Å². The van der Waals surface area contributed by atoms with Crippen molar-refractivity contribution in [3.63, 3.8) is 0 Å². The van der Waals surface area contributed by atoms with Crippen LogP contribution in [0.4, 0.5) is 0 Å². The maximum absolute atomic E-state index is 5.62. The van der Waals surface area contributed by atoms with Crippen molar-refractivity contribution in [1.29, 1.82) is 0 Å². The summed E-state index contributed by atoms with van der Waals surface area (Å²) in [6.45, 7) is 10.3. The van der Waals surface area contributed by atoms with E-state index < -0.39 is 0 Å². The van der Waals surface area contributed by atoms with E-state index in [4.69, 9.17) is 10.5 Å². The van der Waals surface area contributed by atoms with Gasteiger partial charge in [0.25, 0.3) is 0 Å². The monoisotopic (exact) mass is 211 g/mol. The van der Waals surface area contributed by atoms with Crippen molar-refractivity contribution in [3.05, 3.63) is 17.0 Å². The molecule has 0 aromatic carbocycles.